The van der Waals surface area contributed by atoms with Crippen molar-refractivity contribution in [2.75, 3.05) is 70.8 Å². The second-order valence-electron chi connectivity index (χ2n) is 11.7. The number of benzene rings is 3. The van der Waals surface area contributed by atoms with Gasteiger partial charge in [-0.3, -0.25) is 9.69 Å². The molecule has 246 valence electrons. The van der Waals surface area contributed by atoms with Gasteiger partial charge in [-0.2, -0.15) is 0 Å². The first-order chi connectivity index (χ1) is 22.8. The van der Waals surface area contributed by atoms with Crippen LogP contribution in [-0.2, 0) is 16.0 Å². The van der Waals surface area contributed by atoms with Crippen LogP contribution in [0.2, 0.25) is 10.0 Å². The summed E-state index contributed by atoms with van der Waals surface area (Å²) in [5, 5.41) is 7.86. The minimum absolute atomic E-state index is 0.292. The zero-order chi connectivity index (χ0) is 33.1. The molecule has 0 unspecified atom stereocenters. The van der Waals surface area contributed by atoms with Crippen molar-refractivity contribution in [3.8, 4) is 22.6 Å². The Kier molecular flexibility index (Phi) is 10.1. The van der Waals surface area contributed by atoms with E-state index in [9.17, 15) is 4.79 Å². The summed E-state index contributed by atoms with van der Waals surface area (Å²) >= 11 is 13.3. The number of rotatable bonds is 11. The molecule has 2 aliphatic rings. The van der Waals surface area contributed by atoms with Gasteiger partial charge < -0.3 is 29.7 Å². The summed E-state index contributed by atoms with van der Waals surface area (Å²) in [6, 6.07) is 12.1. The van der Waals surface area contributed by atoms with Crippen molar-refractivity contribution in [3.05, 3.63) is 76.4 Å². The number of methoxy groups -OCH3 is 2. The summed E-state index contributed by atoms with van der Waals surface area (Å²) in [5.41, 5.74) is 5.55. The van der Waals surface area contributed by atoms with Crippen molar-refractivity contribution in [1.29, 1.82) is 0 Å². The number of nitrogens with zero attached hydrogens (tertiary/aromatic N) is 4. The molecule has 0 saturated carbocycles. The Balaban J connectivity index is 1.21. The molecule has 0 radical (unpaired) electrons. The van der Waals surface area contributed by atoms with E-state index in [2.05, 4.69) is 38.1 Å². The van der Waals surface area contributed by atoms with Crippen LogP contribution in [-0.4, -0.2) is 91.9 Å². The molecule has 10 nitrogen and oxygen atoms in total. The van der Waals surface area contributed by atoms with E-state index in [-0.39, 0.29) is 5.91 Å². The number of hydrogen-bond acceptors (Lipinski definition) is 9. The number of anilines is 3. The third kappa shape index (κ3) is 7.17. The molecule has 1 amide bonds. The monoisotopic (exact) mass is 676 g/mol. The molecule has 47 heavy (non-hydrogen) atoms. The van der Waals surface area contributed by atoms with Crippen LogP contribution in [0.1, 0.15) is 11.1 Å². The van der Waals surface area contributed by atoms with Crippen LogP contribution in [0.15, 0.2) is 55.3 Å². The van der Waals surface area contributed by atoms with Crippen molar-refractivity contribution in [1.82, 2.24) is 19.8 Å². The van der Waals surface area contributed by atoms with Gasteiger partial charge in [0.25, 0.3) is 0 Å². The SMILES string of the molecule is C=CC(=O)Nc1cc(CCN2CCN(C3COC3)CC2)cc(C)c1Nc1ncc2cc(-c3c(Cl)c(OC)cc(OC)c3Cl)ccc2n1. The Morgan fingerprint density at radius 1 is 1.06 bits per heavy atom. The third-order valence-electron chi connectivity index (χ3n) is 8.78. The van der Waals surface area contributed by atoms with E-state index in [4.69, 9.17) is 42.4 Å². The van der Waals surface area contributed by atoms with Gasteiger partial charge in [-0.15, -0.1) is 0 Å². The highest BCUT2D eigenvalue weighted by atomic mass is 35.5. The molecule has 3 heterocycles. The predicted octanol–water partition coefficient (Wildman–Crippen LogP) is 6.36. The Bertz CT molecular complexity index is 1780. The fourth-order valence-corrected chi connectivity index (χ4v) is 6.75. The molecule has 2 fully saturated rings. The summed E-state index contributed by atoms with van der Waals surface area (Å²) < 4.78 is 16.2. The molecule has 2 saturated heterocycles. The number of fused-ring (bicyclic) bond motifs is 1. The molecule has 2 N–H and O–H groups in total. The van der Waals surface area contributed by atoms with E-state index >= 15 is 0 Å². The van der Waals surface area contributed by atoms with E-state index in [1.807, 2.05) is 31.2 Å². The number of ether oxygens (including phenoxy) is 3. The second-order valence-corrected chi connectivity index (χ2v) is 12.5. The summed E-state index contributed by atoms with van der Waals surface area (Å²) in [7, 11) is 3.08. The van der Waals surface area contributed by atoms with Gasteiger partial charge in [-0.25, -0.2) is 9.97 Å². The summed E-state index contributed by atoms with van der Waals surface area (Å²) in [4.78, 5) is 26.8. The van der Waals surface area contributed by atoms with Crippen LogP contribution in [0.3, 0.4) is 0 Å². The predicted molar refractivity (Wildman–Crippen MR) is 188 cm³/mol. The normalized spacial score (nSPS) is 15.7. The molecular weight excluding hydrogens is 639 g/mol. The average molecular weight is 678 g/mol. The van der Waals surface area contributed by atoms with Crippen LogP contribution in [0.25, 0.3) is 22.0 Å². The minimum Gasteiger partial charge on any atom is -0.495 e. The maximum atomic E-state index is 12.4. The number of piperazine rings is 1. The van der Waals surface area contributed by atoms with E-state index in [0.717, 1.165) is 80.1 Å². The fourth-order valence-electron chi connectivity index (χ4n) is 6.03. The molecule has 6 rings (SSSR count). The lowest BCUT2D eigenvalue weighted by molar-refractivity contribution is -0.111. The van der Waals surface area contributed by atoms with Gasteiger partial charge in [-0.1, -0.05) is 41.9 Å². The fraction of sp³-hybridized carbons (Fsp3) is 0.343. The van der Waals surface area contributed by atoms with Crippen LogP contribution in [0.4, 0.5) is 17.3 Å². The standard InChI is InChI=1S/C35H38Cl2N6O4/c1-5-30(44)39-27-15-22(8-9-42-10-12-43(13-11-42)25-19-47-20-25)14-21(2)34(27)41-35-38-18-24-16-23(6-7-26(24)40-35)31-32(36)28(45-3)17-29(46-4)33(31)37/h5-7,14-18,25H,1,8-13,19-20H2,2-4H3,(H,39,44)(H,38,40,41). The van der Waals surface area contributed by atoms with Gasteiger partial charge in [0.1, 0.15) is 11.5 Å². The molecule has 4 aromatic rings. The zero-order valence-corrected chi connectivity index (χ0v) is 28.2. The average Bonchev–Trinajstić information content (AvgIpc) is 3.05. The Morgan fingerprint density at radius 2 is 1.79 bits per heavy atom. The van der Waals surface area contributed by atoms with Crippen LogP contribution in [0, 0.1) is 6.92 Å². The molecule has 2 aliphatic heterocycles. The van der Waals surface area contributed by atoms with E-state index in [1.165, 1.54) is 6.08 Å². The molecule has 12 heteroatoms. The largest absolute Gasteiger partial charge is 0.495 e. The number of carbonyl (C=O) groups is 1. The van der Waals surface area contributed by atoms with Crippen molar-refractivity contribution in [3.63, 3.8) is 0 Å². The number of amides is 1. The first-order valence-electron chi connectivity index (χ1n) is 15.5. The Morgan fingerprint density at radius 3 is 2.43 bits per heavy atom. The quantitative estimate of drug-likeness (QED) is 0.176. The van der Waals surface area contributed by atoms with Crippen LogP contribution < -0.4 is 20.1 Å². The number of carbonyl (C=O) groups excluding carboxylic acids is 1. The van der Waals surface area contributed by atoms with Crippen LogP contribution >= 0.6 is 23.2 Å². The lowest BCUT2D eigenvalue weighted by atomic mass is 10.0. The smallest absolute Gasteiger partial charge is 0.247 e. The lowest BCUT2D eigenvalue weighted by Crippen LogP contribution is -2.56. The highest BCUT2D eigenvalue weighted by Gasteiger charge is 2.28. The van der Waals surface area contributed by atoms with Crippen molar-refractivity contribution in [2.45, 2.75) is 19.4 Å². The molecular formula is C35H38Cl2N6O4. The van der Waals surface area contributed by atoms with Crippen LogP contribution in [0.5, 0.6) is 11.5 Å². The molecule has 0 bridgehead atoms. The minimum atomic E-state index is -0.292. The second kappa shape index (κ2) is 14.5. The molecule has 0 spiro atoms. The molecule has 0 aliphatic carbocycles. The van der Waals surface area contributed by atoms with Gasteiger partial charge in [0, 0.05) is 55.9 Å². The maximum Gasteiger partial charge on any atom is 0.247 e. The van der Waals surface area contributed by atoms with Gasteiger partial charge in [-0.05, 0) is 54.3 Å². The third-order valence-corrected chi connectivity index (χ3v) is 9.53. The lowest BCUT2D eigenvalue weighted by Gasteiger charge is -2.42. The number of halogens is 2. The Labute approximate surface area is 284 Å². The van der Waals surface area contributed by atoms with E-state index in [1.54, 1.807) is 26.5 Å². The maximum absolute atomic E-state index is 12.4. The molecule has 3 aromatic carbocycles. The van der Waals surface area contributed by atoms with Gasteiger partial charge in [0.15, 0.2) is 0 Å². The van der Waals surface area contributed by atoms with E-state index in [0.29, 0.717) is 50.3 Å². The van der Waals surface area contributed by atoms with Crippen molar-refractivity contribution in [2.24, 2.45) is 0 Å². The highest BCUT2D eigenvalue weighted by molar-refractivity contribution is 6.41. The highest BCUT2D eigenvalue weighted by Crippen LogP contribution is 2.46. The van der Waals surface area contributed by atoms with Gasteiger partial charge >= 0.3 is 0 Å². The number of nitrogens with one attached hydrogen (secondary N) is 2. The molecule has 1 aromatic heterocycles. The number of aromatic nitrogens is 2. The first-order valence-corrected chi connectivity index (χ1v) is 16.3. The van der Waals surface area contributed by atoms with Gasteiger partial charge in [0.2, 0.25) is 11.9 Å². The summed E-state index contributed by atoms with van der Waals surface area (Å²) in [5.74, 6) is 1.01. The van der Waals surface area contributed by atoms with Crippen molar-refractivity contribution >= 4 is 57.3 Å². The molecule has 0 atom stereocenters. The first kappa shape index (κ1) is 33.0. The number of aryl methyl sites for hydroxylation is 1. The van der Waals surface area contributed by atoms with Crippen molar-refractivity contribution < 1.29 is 19.0 Å². The van der Waals surface area contributed by atoms with E-state index < -0.39 is 0 Å². The Hall–Kier alpha value is -3.93. The topological polar surface area (TPSA) is 101 Å². The summed E-state index contributed by atoms with van der Waals surface area (Å²) in [6.45, 7) is 12.5. The summed E-state index contributed by atoms with van der Waals surface area (Å²) in [6.07, 6.45) is 3.86. The number of hydrogen-bond donors (Lipinski definition) is 2. The van der Waals surface area contributed by atoms with Gasteiger partial charge in [0.05, 0.1) is 60.4 Å². The zero-order valence-electron chi connectivity index (χ0n) is 26.7.